The van der Waals surface area contributed by atoms with Gasteiger partial charge in [0.05, 0.1) is 5.25 Å². The number of rotatable bonds is 9. The summed E-state index contributed by atoms with van der Waals surface area (Å²) in [6.45, 7) is 2.83. The number of thioether (sulfide) groups is 1. The molecule has 0 aliphatic rings. The molecule has 2 N–H and O–H groups in total. The highest BCUT2D eigenvalue weighted by Crippen LogP contribution is 2.22. The molecule has 1 aromatic heterocycles. The van der Waals surface area contributed by atoms with Gasteiger partial charge in [-0.1, -0.05) is 11.8 Å². The first-order valence-corrected chi connectivity index (χ1v) is 9.19. The van der Waals surface area contributed by atoms with Crippen LogP contribution in [0.1, 0.15) is 13.3 Å². The molecule has 1 aromatic carbocycles. The molecule has 0 aliphatic carbocycles. The average Bonchev–Trinajstić information content (AvgIpc) is 2.95. The average molecular weight is 379 g/mol. The van der Waals surface area contributed by atoms with Crippen LogP contribution >= 0.6 is 11.8 Å². The molecule has 2 aromatic rings. The number of aromatic amines is 1. The number of nitrogens with zero attached hydrogens (tertiary/aromatic N) is 3. The Hall–Kier alpha value is -2.26. The van der Waals surface area contributed by atoms with Gasteiger partial charge in [0, 0.05) is 45.7 Å². The fourth-order valence-electron chi connectivity index (χ4n) is 2.26. The molecule has 0 saturated heterocycles. The monoisotopic (exact) mass is 379 g/mol. The van der Waals surface area contributed by atoms with Gasteiger partial charge in [-0.2, -0.15) is 0 Å². The maximum atomic E-state index is 12.4. The Labute approximate surface area is 156 Å². The predicted molar refractivity (Wildman–Crippen MR) is 104 cm³/mol. The van der Waals surface area contributed by atoms with Gasteiger partial charge in [-0.05, 0) is 37.6 Å². The summed E-state index contributed by atoms with van der Waals surface area (Å²) in [4.78, 5) is 26.3. The van der Waals surface area contributed by atoms with Crippen LogP contribution < -0.4 is 15.9 Å². The Kier molecular flexibility index (Phi) is 7.28. The van der Waals surface area contributed by atoms with E-state index in [1.807, 2.05) is 43.3 Å². The number of H-pyrrole nitrogens is 1. The van der Waals surface area contributed by atoms with Gasteiger partial charge in [-0.15, -0.1) is 5.10 Å². The van der Waals surface area contributed by atoms with E-state index in [2.05, 4.69) is 15.5 Å². The van der Waals surface area contributed by atoms with E-state index in [0.29, 0.717) is 24.7 Å². The van der Waals surface area contributed by atoms with Crippen molar-refractivity contribution >= 4 is 29.0 Å². The van der Waals surface area contributed by atoms with Crippen molar-refractivity contribution in [3.63, 3.8) is 0 Å². The molecule has 0 aliphatic heterocycles. The lowest BCUT2D eigenvalue weighted by Crippen LogP contribution is -2.24. The lowest BCUT2D eigenvalue weighted by atomic mass is 10.2. The number of nitrogens with one attached hydrogen (secondary N) is 2. The minimum absolute atomic E-state index is 0.147. The normalized spacial score (nSPS) is 12.0. The number of anilines is 2. The van der Waals surface area contributed by atoms with Gasteiger partial charge in [0.15, 0.2) is 5.16 Å². The highest BCUT2D eigenvalue weighted by molar-refractivity contribution is 8.00. The number of benzene rings is 1. The van der Waals surface area contributed by atoms with Crippen LogP contribution in [0.5, 0.6) is 0 Å². The van der Waals surface area contributed by atoms with E-state index in [4.69, 9.17) is 4.74 Å². The third kappa shape index (κ3) is 5.37. The first kappa shape index (κ1) is 20.1. The quantitative estimate of drug-likeness (QED) is 0.510. The lowest BCUT2D eigenvalue weighted by Gasteiger charge is -2.14. The first-order valence-electron chi connectivity index (χ1n) is 8.31. The van der Waals surface area contributed by atoms with Gasteiger partial charge in [0.25, 0.3) is 0 Å². The molecule has 9 heteroatoms. The molecule has 1 heterocycles. The van der Waals surface area contributed by atoms with Gasteiger partial charge in [-0.3, -0.25) is 9.36 Å². The molecule has 1 amide bonds. The van der Waals surface area contributed by atoms with Crippen molar-refractivity contribution in [3.05, 3.63) is 34.7 Å². The van der Waals surface area contributed by atoms with Crippen LogP contribution in [0.25, 0.3) is 0 Å². The second-order valence-corrected chi connectivity index (χ2v) is 7.31. The highest BCUT2D eigenvalue weighted by Gasteiger charge is 2.19. The molecule has 1 atom stereocenters. The van der Waals surface area contributed by atoms with E-state index in [1.54, 1.807) is 14.0 Å². The zero-order valence-corrected chi connectivity index (χ0v) is 16.3. The van der Waals surface area contributed by atoms with Crippen molar-refractivity contribution in [2.75, 3.05) is 38.0 Å². The van der Waals surface area contributed by atoms with Gasteiger partial charge in [0.2, 0.25) is 5.91 Å². The Bertz CT molecular complexity index is 769. The number of methoxy groups -OCH3 is 1. The minimum Gasteiger partial charge on any atom is -0.385 e. The molecule has 0 bridgehead atoms. The molecular weight excluding hydrogens is 354 g/mol. The SMILES string of the molecule is COCCCn1c(SC(C)C(=O)Nc2ccc(N(C)C)cc2)n[nH]c1=O. The van der Waals surface area contributed by atoms with E-state index in [9.17, 15) is 9.59 Å². The second-order valence-electron chi connectivity index (χ2n) is 6.00. The lowest BCUT2D eigenvalue weighted by molar-refractivity contribution is -0.115. The minimum atomic E-state index is -0.403. The van der Waals surface area contributed by atoms with Crippen LogP contribution in [-0.2, 0) is 16.1 Å². The smallest absolute Gasteiger partial charge is 0.343 e. The fraction of sp³-hybridized carbons (Fsp3) is 0.471. The zero-order chi connectivity index (χ0) is 19.1. The van der Waals surface area contributed by atoms with E-state index >= 15 is 0 Å². The predicted octanol–water partition coefficient (Wildman–Crippen LogP) is 1.79. The summed E-state index contributed by atoms with van der Waals surface area (Å²) < 4.78 is 6.54. The number of carbonyl (C=O) groups excluding carboxylic acids is 1. The third-order valence-corrected chi connectivity index (χ3v) is 4.85. The first-order chi connectivity index (χ1) is 12.4. The van der Waals surface area contributed by atoms with Crippen LogP contribution in [0.4, 0.5) is 11.4 Å². The van der Waals surface area contributed by atoms with E-state index < -0.39 is 5.25 Å². The fourth-order valence-corrected chi connectivity index (χ4v) is 3.14. The maximum absolute atomic E-state index is 12.4. The van der Waals surface area contributed by atoms with Crippen molar-refractivity contribution in [2.45, 2.75) is 30.3 Å². The van der Waals surface area contributed by atoms with Gasteiger partial charge < -0.3 is 15.0 Å². The molecule has 0 radical (unpaired) electrons. The molecule has 0 spiro atoms. The summed E-state index contributed by atoms with van der Waals surface area (Å²) in [5, 5.41) is 9.43. The molecule has 142 valence electrons. The van der Waals surface area contributed by atoms with Crippen LogP contribution in [0.15, 0.2) is 34.2 Å². The summed E-state index contributed by atoms with van der Waals surface area (Å²) in [6.07, 6.45) is 0.697. The van der Waals surface area contributed by atoms with Crippen molar-refractivity contribution in [1.82, 2.24) is 14.8 Å². The Morgan fingerprint density at radius 1 is 1.38 bits per heavy atom. The number of carbonyl (C=O) groups is 1. The molecule has 0 fully saturated rings. The van der Waals surface area contributed by atoms with E-state index in [1.165, 1.54) is 16.3 Å². The number of amides is 1. The zero-order valence-electron chi connectivity index (χ0n) is 15.5. The van der Waals surface area contributed by atoms with Crippen LogP contribution in [-0.4, -0.2) is 53.7 Å². The van der Waals surface area contributed by atoms with Crippen molar-refractivity contribution in [3.8, 4) is 0 Å². The summed E-state index contributed by atoms with van der Waals surface area (Å²) in [5.74, 6) is -0.147. The summed E-state index contributed by atoms with van der Waals surface area (Å²) in [6, 6.07) is 7.60. The van der Waals surface area contributed by atoms with Crippen LogP contribution in [0.2, 0.25) is 0 Å². The molecule has 8 nitrogen and oxygen atoms in total. The summed E-state index contributed by atoms with van der Waals surface area (Å²) in [7, 11) is 5.54. The third-order valence-electron chi connectivity index (χ3n) is 3.76. The topological polar surface area (TPSA) is 92.2 Å². The van der Waals surface area contributed by atoms with Gasteiger partial charge in [0.1, 0.15) is 0 Å². The highest BCUT2D eigenvalue weighted by atomic mass is 32.2. The number of hydrogen-bond acceptors (Lipinski definition) is 6. The maximum Gasteiger partial charge on any atom is 0.343 e. The summed E-state index contributed by atoms with van der Waals surface area (Å²) >= 11 is 1.24. The van der Waals surface area contributed by atoms with E-state index in [-0.39, 0.29) is 11.6 Å². The van der Waals surface area contributed by atoms with Gasteiger partial charge in [-0.25, -0.2) is 9.89 Å². The van der Waals surface area contributed by atoms with Crippen LogP contribution in [0, 0.1) is 0 Å². The molecular formula is C17H25N5O3S. The number of ether oxygens (including phenoxy) is 1. The Morgan fingerprint density at radius 3 is 2.69 bits per heavy atom. The largest absolute Gasteiger partial charge is 0.385 e. The molecule has 2 rings (SSSR count). The Morgan fingerprint density at radius 2 is 2.08 bits per heavy atom. The second kappa shape index (κ2) is 9.44. The number of aromatic nitrogens is 3. The molecule has 26 heavy (non-hydrogen) atoms. The number of hydrogen-bond donors (Lipinski definition) is 2. The van der Waals surface area contributed by atoms with Crippen LogP contribution in [0.3, 0.4) is 0 Å². The summed E-state index contributed by atoms with van der Waals surface area (Å²) in [5.41, 5.74) is 1.50. The molecule has 0 saturated carbocycles. The van der Waals surface area contributed by atoms with Crippen molar-refractivity contribution < 1.29 is 9.53 Å². The Balaban J connectivity index is 1.97. The standard InChI is InChI=1S/C17H25N5O3S/c1-12(15(23)18-13-6-8-14(9-7-13)21(2)3)26-17-20-19-16(24)22(17)10-5-11-25-4/h6-9,12H,5,10-11H2,1-4H3,(H,18,23)(H,19,24). The molecule has 1 unspecified atom stereocenters. The van der Waals surface area contributed by atoms with E-state index in [0.717, 1.165) is 11.4 Å². The van der Waals surface area contributed by atoms with Crippen molar-refractivity contribution in [1.29, 1.82) is 0 Å². The van der Waals surface area contributed by atoms with Gasteiger partial charge >= 0.3 is 5.69 Å². The van der Waals surface area contributed by atoms with Crippen molar-refractivity contribution in [2.24, 2.45) is 0 Å².